The molecule has 170 valence electrons. The van der Waals surface area contributed by atoms with Crippen LogP contribution >= 0.6 is 11.6 Å². The van der Waals surface area contributed by atoms with E-state index in [4.69, 9.17) is 16.1 Å². The van der Waals surface area contributed by atoms with E-state index in [1.807, 2.05) is 19.1 Å². The molecule has 4 rings (SSSR count). The molecule has 1 saturated heterocycles. The average molecular weight is 467 g/mol. The molecular weight excluding hydrogens is 444 g/mol. The molecule has 2 N–H and O–H groups in total. The Labute approximate surface area is 195 Å². The Morgan fingerprint density at radius 1 is 1.15 bits per heavy atom. The van der Waals surface area contributed by atoms with Gasteiger partial charge in [-0.3, -0.25) is 19.7 Å². The SMILES string of the molecule is CCC1(c2ccc(NC(=O)CCc3nc(-c4ccc(Cl)cc4)no3)cc2)CCC(=O)NC1=O. The van der Waals surface area contributed by atoms with Crippen molar-refractivity contribution in [3.05, 3.63) is 65.0 Å². The fraction of sp³-hybridized carbons (Fsp3) is 0.292. The van der Waals surface area contributed by atoms with Crippen LogP contribution in [0.2, 0.25) is 5.02 Å². The molecule has 1 aliphatic heterocycles. The van der Waals surface area contributed by atoms with E-state index in [0.29, 0.717) is 48.1 Å². The number of nitrogens with one attached hydrogen (secondary N) is 2. The highest BCUT2D eigenvalue weighted by Crippen LogP contribution is 2.36. The smallest absolute Gasteiger partial charge is 0.237 e. The Morgan fingerprint density at radius 2 is 1.88 bits per heavy atom. The number of anilines is 1. The van der Waals surface area contributed by atoms with Crippen LogP contribution in [0.4, 0.5) is 5.69 Å². The van der Waals surface area contributed by atoms with Gasteiger partial charge in [0.15, 0.2) is 0 Å². The number of aromatic nitrogens is 2. The maximum Gasteiger partial charge on any atom is 0.237 e. The molecule has 0 aliphatic carbocycles. The molecule has 1 atom stereocenters. The van der Waals surface area contributed by atoms with E-state index in [2.05, 4.69) is 20.8 Å². The van der Waals surface area contributed by atoms with Crippen LogP contribution in [0.3, 0.4) is 0 Å². The second-order valence-corrected chi connectivity index (χ2v) is 8.39. The van der Waals surface area contributed by atoms with Crippen molar-refractivity contribution in [1.82, 2.24) is 15.5 Å². The number of halogens is 1. The van der Waals surface area contributed by atoms with Crippen molar-refractivity contribution < 1.29 is 18.9 Å². The van der Waals surface area contributed by atoms with Crippen molar-refractivity contribution in [2.24, 2.45) is 0 Å². The lowest BCUT2D eigenvalue weighted by atomic mass is 9.72. The zero-order valence-corrected chi connectivity index (χ0v) is 18.8. The van der Waals surface area contributed by atoms with Gasteiger partial charge in [0.2, 0.25) is 29.4 Å². The normalized spacial score (nSPS) is 18.1. The van der Waals surface area contributed by atoms with Crippen LogP contribution in [0.1, 0.15) is 44.1 Å². The van der Waals surface area contributed by atoms with Gasteiger partial charge >= 0.3 is 0 Å². The molecule has 9 heteroatoms. The van der Waals surface area contributed by atoms with Gasteiger partial charge in [0.1, 0.15) is 0 Å². The summed E-state index contributed by atoms with van der Waals surface area (Å²) in [5.74, 6) is 0.106. The van der Waals surface area contributed by atoms with Gasteiger partial charge in [0.05, 0.1) is 5.41 Å². The zero-order chi connectivity index (χ0) is 23.4. The molecule has 0 bridgehead atoms. The second kappa shape index (κ2) is 9.54. The molecule has 33 heavy (non-hydrogen) atoms. The van der Waals surface area contributed by atoms with Gasteiger partial charge in [0.25, 0.3) is 0 Å². The number of amides is 3. The van der Waals surface area contributed by atoms with Crippen molar-refractivity contribution in [3.63, 3.8) is 0 Å². The zero-order valence-electron chi connectivity index (χ0n) is 18.1. The largest absolute Gasteiger partial charge is 0.339 e. The third-order valence-electron chi connectivity index (χ3n) is 5.93. The van der Waals surface area contributed by atoms with Gasteiger partial charge < -0.3 is 9.84 Å². The summed E-state index contributed by atoms with van der Waals surface area (Å²) < 4.78 is 5.24. The molecule has 2 heterocycles. The summed E-state index contributed by atoms with van der Waals surface area (Å²) >= 11 is 5.89. The first-order valence-corrected chi connectivity index (χ1v) is 11.1. The van der Waals surface area contributed by atoms with E-state index in [-0.39, 0.29) is 24.1 Å². The molecule has 1 fully saturated rings. The van der Waals surface area contributed by atoms with Gasteiger partial charge in [-0.15, -0.1) is 0 Å². The minimum absolute atomic E-state index is 0.174. The Hall–Kier alpha value is -3.52. The van der Waals surface area contributed by atoms with Crippen LogP contribution in [0.25, 0.3) is 11.4 Å². The number of piperidine rings is 1. The van der Waals surface area contributed by atoms with Crippen molar-refractivity contribution in [2.75, 3.05) is 5.32 Å². The quantitative estimate of drug-likeness (QED) is 0.508. The third kappa shape index (κ3) is 4.96. The summed E-state index contributed by atoms with van der Waals surface area (Å²) in [7, 11) is 0. The fourth-order valence-corrected chi connectivity index (χ4v) is 4.08. The molecule has 0 saturated carbocycles. The molecule has 3 amide bonds. The summed E-state index contributed by atoms with van der Waals surface area (Å²) in [5, 5.41) is 9.84. The van der Waals surface area contributed by atoms with Gasteiger partial charge in [-0.05, 0) is 54.8 Å². The Bertz CT molecular complexity index is 1170. The Morgan fingerprint density at radius 3 is 2.55 bits per heavy atom. The van der Waals surface area contributed by atoms with Crippen LogP contribution in [0.15, 0.2) is 53.1 Å². The number of nitrogens with zero attached hydrogens (tertiary/aromatic N) is 2. The van der Waals surface area contributed by atoms with Gasteiger partial charge in [-0.1, -0.05) is 35.8 Å². The van der Waals surface area contributed by atoms with E-state index in [9.17, 15) is 14.4 Å². The number of carbonyl (C=O) groups is 3. The average Bonchev–Trinajstić information content (AvgIpc) is 3.28. The Kier molecular flexibility index (Phi) is 6.55. The predicted octanol–water partition coefficient (Wildman–Crippen LogP) is 4.05. The summed E-state index contributed by atoms with van der Waals surface area (Å²) in [6.45, 7) is 1.93. The van der Waals surface area contributed by atoms with Crippen molar-refractivity contribution in [1.29, 1.82) is 0 Å². The number of aryl methyl sites for hydroxylation is 1. The first-order valence-electron chi connectivity index (χ1n) is 10.7. The molecule has 1 unspecified atom stereocenters. The van der Waals surface area contributed by atoms with Crippen LogP contribution in [-0.4, -0.2) is 27.9 Å². The Balaban J connectivity index is 1.34. The molecule has 0 spiro atoms. The maximum absolute atomic E-state index is 12.5. The first-order chi connectivity index (χ1) is 15.9. The number of imide groups is 1. The van der Waals surface area contributed by atoms with Crippen LogP contribution in [-0.2, 0) is 26.2 Å². The number of carbonyl (C=O) groups excluding carboxylic acids is 3. The minimum Gasteiger partial charge on any atom is -0.339 e. The first kappa shape index (κ1) is 22.7. The van der Waals surface area contributed by atoms with Crippen molar-refractivity contribution in [3.8, 4) is 11.4 Å². The lowest BCUT2D eigenvalue weighted by Gasteiger charge is -2.35. The van der Waals surface area contributed by atoms with Gasteiger partial charge in [0, 0.05) is 35.5 Å². The van der Waals surface area contributed by atoms with E-state index in [0.717, 1.165) is 11.1 Å². The highest BCUT2D eigenvalue weighted by atomic mass is 35.5. The lowest BCUT2D eigenvalue weighted by Crippen LogP contribution is -2.51. The summed E-state index contributed by atoms with van der Waals surface area (Å²) in [6, 6.07) is 14.3. The number of hydrogen-bond acceptors (Lipinski definition) is 6. The van der Waals surface area contributed by atoms with Crippen LogP contribution in [0, 0.1) is 0 Å². The summed E-state index contributed by atoms with van der Waals surface area (Å²) in [6.07, 6.45) is 1.85. The maximum atomic E-state index is 12.5. The third-order valence-corrected chi connectivity index (χ3v) is 6.18. The lowest BCUT2D eigenvalue weighted by molar-refractivity contribution is -0.138. The van der Waals surface area contributed by atoms with Gasteiger partial charge in [-0.2, -0.15) is 4.98 Å². The molecule has 1 aliphatic rings. The topological polar surface area (TPSA) is 114 Å². The van der Waals surface area contributed by atoms with Gasteiger partial charge in [-0.25, -0.2) is 0 Å². The molecule has 3 aromatic rings. The fourth-order valence-electron chi connectivity index (χ4n) is 3.96. The molecule has 2 aromatic carbocycles. The molecular formula is C24H23ClN4O4. The molecule has 0 radical (unpaired) electrons. The summed E-state index contributed by atoms with van der Waals surface area (Å²) in [5.41, 5.74) is 1.50. The van der Waals surface area contributed by atoms with Crippen LogP contribution in [0.5, 0.6) is 0 Å². The van der Waals surface area contributed by atoms with Crippen molar-refractivity contribution >= 4 is 35.0 Å². The van der Waals surface area contributed by atoms with Crippen molar-refractivity contribution in [2.45, 2.75) is 44.4 Å². The number of benzene rings is 2. The van der Waals surface area contributed by atoms with E-state index in [1.54, 1.807) is 36.4 Å². The van der Waals surface area contributed by atoms with E-state index < -0.39 is 5.41 Å². The minimum atomic E-state index is -0.726. The summed E-state index contributed by atoms with van der Waals surface area (Å²) in [4.78, 5) is 40.8. The number of rotatable bonds is 7. The standard InChI is InChI=1S/C24H23ClN4O4/c1-2-24(14-13-20(31)27-23(24)32)16-5-9-18(10-6-16)26-19(30)11-12-21-28-22(29-33-21)15-3-7-17(25)8-4-15/h3-10H,2,11-14H2,1H3,(H,26,30)(H,27,31,32). The molecule has 1 aromatic heterocycles. The molecule has 8 nitrogen and oxygen atoms in total. The predicted molar refractivity (Wildman–Crippen MR) is 122 cm³/mol. The number of hydrogen-bond donors (Lipinski definition) is 2. The van der Waals surface area contributed by atoms with E-state index >= 15 is 0 Å². The van der Waals surface area contributed by atoms with E-state index in [1.165, 1.54) is 0 Å². The highest BCUT2D eigenvalue weighted by molar-refractivity contribution is 6.30. The monoisotopic (exact) mass is 466 g/mol. The highest BCUT2D eigenvalue weighted by Gasteiger charge is 2.42. The van der Waals surface area contributed by atoms with Crippen LogP contribution < -0.4 is 10.6 Å². The second-order valence-electron chi connectivity index (χ2n) is 7.96.